The predicted molar refractivity (Wildman–Crippen MR) is 143 cm³/mol. The van der Waals surface area contributed by atoms with Gasteiger partial charge in [-0.1, -0.05) is 32.0 Å². The number of amides is 2. The minimum absolute atomic E-state index is 0.00729. The second-order valence-electron chi connectivity index (χ2n) is 9.38. The highest BCUT2D eigenvalue weighted by Gasteiger charge is 2.30. The minimum atomic E-state index is -0.908. The number of anilines is 3. The zero-order chi connectivity index (χ0) is 28.3. The average Bonchev–Trinajstić information content (AvgIpc) is 2.87. The van der Waals surface area contributed by atoms with Crippen molar-refractivity contribution in [3.8, 4) is 5.75 Å². The number of benzene rings is 2. The van der Waals surface area contributed by atoms with E-state index in [0.717, 1.165) is 0 Å². The molecule has 38 heavy (non-hydrogen) atoms. The van der Waals surface area contributed by atoms with Crippen molar-refractivity contribution in [1.82, 2.24) is 10.2 Å². The van der Waals surface area contributed by atoms with Crippen LogP contribution in [-0.2, 0) is 4.79 Å². The second-order valence-corrected chi connectivity index (χ2v) is 9.38. The Labute approximate surface area is 218 Å². The summed E-state index contributed by atoms with van der Waals surface area (Å²) in [6, 6.07) is 8.75. The molecule has 2 amide bonds. The lowest BCUT2D eigenvalue weighted by molar-refractivity contribution is -0.384. The fourth-order valence-corrected chi connectivity index (χ4v) is 3.80. The fourth-order valence-electron chi connectivity index (χ4n) is 3.80. The molecule has 0 aliphatic rings. The first-order valence-electron chi connectivity index (χ1n) is 11.8. The number of carbonyl (C=O) groups excluding carboxylic acids is 2. The highest BCUT2D eigenvalue weighted by molar-refractivity contribution is 5.99. The maximum absolute atomic E-state index is 13.1. The van der Waals surface area contributed by atoms with Crippen LogP contribution < -0.4 is 26.8 Å². The van der Waals surface area contributed by atoms with Gasteiger partial charge in [0.1, 0.15) is 17.4 Å². The van der Waals surface area contributed by atoms with Gasteiger partial charge in [-0.05, 0) is 30.5 Å². The Morgan fingerprint density at radius 2 is 1.58 bits per heavy atom. The van der Waals surface area contributed by atoms with Gasteiger partial charge in [-0.2, -0.15) is 0 Å². The van der Waals surface area contributed by atoms with Gasteiger partial charge in [0, 0.05) is 26.2 Å². The number of nitrogens with zero attached hydrogens (tertiary/aromatic N) is 2. The summed E-state index contributed by atoms with van der Waals surface area (Å²) < 4.78 is 0. The Morgan fingerprint density at radius 3 is 2.13 bits per heavy atom. The molecule has 200 valence electrons. The van der Waals surface area contributed by atoms with E-state index in [9.17, 15) is 34.4 Å². The van der Waals surface area contributed by atoms with Gasteiger partial charge in [-0.25, -0.2) is 0 Å². The number of nitro groups is 1. The van der Waals surface area contributed by atoms with Crippen molar-refractivity contribution in [2.45, 2.75) is 32.9 Å². The zero-order valence-electron chi connectivity index (χ0n) is 21.6. The number of aromatic hydroxyl groups is 1. The standard InChI is InChI=1S/C26H29N5O7/c1-13(2)19(25(35)27-14(3)15-9-11-16(12-10-15)31(37)38)29-21-20(23(33)24(21)34)28-18-8-6-7-17(22(18)32)26(36)30(4)5/h6-14,19,28-29,32H,1-5H3,(H,27,35)/t14-,19-/m1/s1. The number of nitrogens with one attached hydrogen (secondary N) is 3. The molecule has 0 spiro atoms. The second kappa shape index (κ2) is 11.1. The van der Waals surface area contributed by atoms with Crippen molar-refractivity contribution in [2.24, 2.45) is 5.92 Å². The largest absolute Gasteiger partial charge is 0.505 e. The van der Waals surface area contributed by atoms with Crippen LogP contribution in [0.4, 0.5) is 22.7 Å². The first-order valence-corrected chi connectivity index (χ1v) is 11.8. The molecule has 3 rings (SSSR count). The number of para-hydroxylation sites is 1. The molecule has 0 saturated heterocycles. The number of phenolic OH excluding ortho intramolecular Hbond substituents is 1. The maximum atomic E-state index is 13.1. The summed E-state index contributed by atoms with van der Waals surface area (Å²) >= 11 is 0. The molecule has 12 nitrogen and oxygen atoms in total. The summed E-state index contributed by atoms with van der Waals surface area (Å²) in [6.45, 7) is 5.23. The van der Waals surface area contributed by atoms with Gasteiger partial charge in [0.25, 0.3) is 22.5 Å². The van der Waals surface area contributed by atoms with Crippen LogP contribution in [0.2, 0.25) is 0 Å². The van der Waals surface area contributed by atoms with Crippen LogP contribution in [0, 0.1) is 16.0 Å². The van der Waals surface area contributed by atoms with Gasteiger partial charge in [-0.3, -0.25) is 29.3 Å². The van der Waals surface area contributed by atoms with E-state index in [4.69, 9.17) is 0 Å². The van der Waals surface area contributed by atoms with E-state index < -0.39 is 39.7 Å². The average molecular weight is 524 g/mol. The van der Waals surface area contributed by atoms with Crippen LogP contribution in [0.3, 0.4) is 0 Å². The Morgan fingerprint density at radius 1 is 0.974 bits per heavy atom. The SMILES string of the molecule is CC(C)[C@@H](Nc1c(Nc2cccc(C(=O)N(C)C)c2O)c(=O)c1=O)C(=O)N[C@H](C)c1ccc([N+](=O)[O-])cc1. The third-order valence-corrected chi connectivity index (χ3v) is 6.05. The molecule has 12 heteroatoms. The number of hydrogen-bond donors (Lipinski definition) is 4. The number of nitro benzene ring substituents is 1. The number of hydrogen-bond acceptors (Lipinski definition) is 9. The number of non-ortho nitro benzene ring substituents is 1. The predicted octanol–water partition coefficient (Wildman–Crippen LogP) is 2.66. The number of carbonyl (C=O) groups is 2. The van der Waals surface area contributed by atoms with Crippen molar-refractivity contribution >= 4 is 34.6 Å². The number of rotatable bonds is 10. The number of phenols is 1. The Kier molecular flexibility index (Phi) is 8.14. The molecule has 0 saturated carbocycles. The van der Waals surface area contributed by atoms with Crippen LogP contribution >= 0.6 is 0 Å². The molecule has 0 heterocycles. The Balaban J connectivity index is 1.81. The van der Waals surface area contributed by atoms with Crippen molar-refractivity contribution in [1.29, 1.82) is 0 Å². The Hall–Kier alpha value is -4.74. The molecule has 0 bridgehead atoms. The van der Waals surface area contributed by atoms with E-state index in [0.29, 0.717) is 5.56 Å². The van der Waals surface area contributed by atoms with Crippen LogP contribution in [0.25, 0.3) is 0 Å². The van der Waals surface area contributed by atoms with Gasteiger partial charge in [0.05, 0.1) is 22.2 Å². The van der Waals surface area contributed by atoms with Crippen LogP contribution in [0.5, 0.6) is 5.75 Å². The topological polar surface area (TPSA) is 171 Å². The first-order chi connectivity index (χ1) is 17.8. The summed E-state index contributed by atoms with van der Waals surface area (Å²) in [5.41, 5.74) is -1.29. The Bertz CT molecular complexity index is 1440. The van der Waals surface area contributed by atoms with Gasteiger partial charge in [0.15, 0.2) is 5.75 Å². The third kappa shape index (κ3) is 5.64. The molecule has 0 fully saturated rings. The molecule has 2 atom stereocenters. The summed E-state index contributed by atoms with van der Waals surface area (Å²) in [4.78, 5) is 61.8. The molecule has 0 radical (unpaired) electrons. The lowest BCUT2D eigenvalue weighted by atomic mass is 10.0. The molecular formula is C26H29N5O7. The van der Waals surface area contributed by atoms with Crippen LogP contribution in [0.15, 0.2) is 52.1 Å². The molecule has 3 aromatic carbocycles. The van der Waals surface area contributed by atoms with E-state index in [1.165, 1.54) is 49.3 Å². The van der Waals surface area contributed by atoms with Gasteiger partial charge in [-0.15, -0.1) is 0 Å². The summed E-state index contributed by atoms with van der Waals surface area (Å²) in [7, 11) is 3.06. The zero-order valence-corrected chi connectivity index (χ0v) is 21.6. The van der Waals surface area contributed by atoms with E-state index >= 15 is 0 Å². The summed E-state index contributed by atoms with van der Waals surface area (Å²) in [6.07, 6.45) is 0. The van der Waals surface area contributed by atoms with Crippen molar-refractivity contribution in [3.05, 3.63) is 84.2 Å². The van der Waals surface area contributed by atoms with E-state index in [2.05, 4.69) is 16.0 Å². The molecule has 4 N–H and O–H groups in total. The summed E-state index contributed by atoms with van der Waals surface area (Å²) in [5.74, 6) is -1.59. The molecule has 0 unspecified atom stereocenters. The van der Waals surface area contributed by atoms with Crippen molar-refractivity contribution in [2.75, 3.05) is 24.7 Å². The molecule has 0 aliphatic heterocycles. The summed E-state index contributed by atoms with van der Waals surface area (Å²) in [5, 5.41) is 29.8. The molecule has 3 aromatic rings. The quantitative estimate of drug-likeness (QED) is 0.135. The van der Waals surface area contributed by atoms with E-state index in [1.54, 1.807) is 32.9 Å². The van der Waals surface area contributed by atoms with Crippen molar-refractivity contribution in [3.63, 3.8) is 0 Å². The lowest BCUT2D eigenvalue weighted by Gasteiger charge is -2.26. The van der Waals surface area contributed by atoms with E-state index in [-0.39, 0.29) is 40.0 Å². The lowest BCUT2D eigenvalue weighted by Crippen LogP contribution is -2.47. The third-order valence-electron chi connectivity index (χ3n) is 6.05. The van der Waals surface area contributed by atoms with Crippen LogP contribution in [0.1, 0.15) is 42.7 Å². The first kappa shape index (κ1) is 27.8. The molecular weight excluding hydrogens is 494 g/mol. The monoisotopic (exact) mass is 523 g/mol. The highest BCUT2D eigenvalue weighted by atomic mass is 16.6. The fraction of sp³-hybridized carbons (Fsp3) is 0.308. The van der Waals surface area contributed by atoms with Gasteiger partial charge >= 0.3 is 0 Å². The smallest absolute Gasteiger partial charge is 0.269 e. The molecule has 0 aromatic heterocycles. The van der Waals surface area contributed by atoms with Gasteiger partial charge < -0.3 is 26.0 Å². The van der Waals surface area contributed by atoms with Crippen LogP contribution in [-0.4, -0.2) is 46.9 Å². The highest BCUT2D eigenvalue weighted by Crippen LogP contribution is 2.32. The van der Waals surface area contributed by atoms with E-state index in [1.807, 2.05) is 0 Å². The molecule has 0 aliphatic carbocycles. The minimum Gasteiger partial charge on any atom is -0.505 e. The van der Waals surface area contributed by atoms with Crippen molar-refractivity contribution < 1.29 is 19.6 Å². The van der Waals surface area contributed by atoms with Gasteiger partial charge in [0.2, 0.25) is 5.91 Å². The normalized spacial score (nSPS) is 12.6. The maximum Gasteiger partial charge on any atom is 0.269 e.